The van der Waals surface area contributed by atoms with Crippen LogP contribution in [0.3, 0.4) is 0 Å². The van der Waals surface area contributed by atoms with Crippen LogP contribution in [0.15, 0.2) is 29.1 Å². The summed E-state index contributed by atoms with van der Waals surface area (Å²) in [5.74, 6) is -0.306. The molecule has 18 heavy (non-hydrogen) atoms. The highest BCUT2D eigenvalue weighted by molar-refractivity contribution is 5.40. The van der Waals surface area contributed by atoms with Crippen LogP contribution in [0.2, 0.25) is 0 Å². The van der Waals surface area contributed by atoms with Crippen LogP contribution < -0.4 is 11.3 Å². The number of hydrogen-bond acceptors (Lipinski definition) is 2. The molecule has 2 N–H and O–H groups in total. The zero-order chi connectivity index (χ0) is 13.3. The van der Waals surface area contributed by atoms with Crippen molar-refractivity contribution in [3.05, 3.63) is 51.7 Å². The summed E-state index contributed by atoms with van der Waals surface area (Å²) >= 11 is 0. The Morgan fingerprint density at radius 2 is 2.06 bits per heavy atom. The number of nitrogens with zero attached hydrogens (tertiary/aromatic N) is 2. The van der Waals surface area contributed by atoms with E-state index in [1.165, 1.54) is 12.1 Å². The van der Waals surface area contributed by atoms with Gasteiger partial charge in [-0.25, -0.2) is 9.07 Å². The molecule has 0 unspecified atom stereocenters. The Kier molecular flexibility index (Phi) is 3.23. The number of halogens is 1. The van der Waals surface area contributed by atoms with Crippen molar-refractivity contribution in [1.29, 1.82) is 0 Å². The number of anilines is 1. The molecule has 2 rings (SSSR count). The van der Waals surface area contributed by atoms with Gasteiger partial charge in [-0.3, -0.25) is 9.48 Å². The predicted molar refractivity (Wildman–Crippen MR) is 69.0 cm³/mol. The van der Waals surface area contributed by atoms with Crippen molar-refractivity contribution in [2.24, 2.45) is 0 Å². The number of aromatic nitrogens is 2. The Hall–Kier alpha value is -2.04. The second-order valence-corrected chi connectivity index (χ2v) is 4.21. The monoisotopic (exact) mass is 249 g/mol. The van der Waals surface area contributed by atoms with E-state index >= 15 is 0 Å². The highest BCUT2D eigenvalue weighted by atomic mass is 19.1. The smallest absolute Gasteiger partial charge is 0.290 e. The van der Waals surface area contributed by atoms with Gasteiger partial charge in [0.25, 0.3) is 5.56 Å². The summed E-state index contributed by atoms with van der Waals surface area (Å²) in [7, 11) is 0. The molecule has 96 valence electrons. The van der Waals surface area contributed by atoms with E-state index in [-0.39, 0.29) is 17.1 Å². The van der Waals surface area contributed by atoms with Crippen molar-refractivity contribution >= 4 is 5.69 Å². The van der Waals surface area contributed by atoms with Gasteiger partial charge in [-0.2, -0.15) is 0 Å². The van der Waals surface area contributed by atoms with Gasteiger partial charge in [-0.1, -0.05) is 12.1 Å². The van der Waals surface area contributed by atoms with E-state index < -0.39 is 0 Å². The average Bonchev–Trinajstić information content (AvgIpc) is 2.54. The number of rotatable bonds is 3. The lowest BCUT2D eigenvalue weighted by molar-refractivity contribution is 0.478. The predicted octanol–water partition coefficient (Wildman–Crippen LogP) is 1.75. The van der Waals surface area contributed by atoms with Crippen LogP contribution in [-0.2, 0) is 13.1 Å². The molecular weight excluding hydrogens is 233 g/mol. The van der Waals surface area contributed by atoms with E-state index in [1.54, 1.807) is 16.8 Å². The van der Waals surface area contributed by atoms with Crippen LogP contribution in [0.25, 0.3) is 0 Å². The van der Waals surface area contributed by atoms with Gasteiger partial charge in [0.05, 0.1) is 12.2 Å². The summed E-state index contributed by atoms with van der Waals surface area (Å²) in [6, 6.07) is 6.22. The Morgan fingerprint density at radius 3 is 2.67 bits per heavy atom. The quantitative estimate of drug-likeness (QED) is 0.901. The van der Waals surface area contributed by atoms with E-state index in [0.29, 0.717) is 13.1 Å². The van der Waals surface area contributed by atoms with Gasteiger partial charge in [-0.15, -0.1) is 0 Å². The third-order valence-corrected chi connectivity index (χ3v) is 3.05. The van der Waals surface area contributed by atoms with Crippen LogP contribution in [0, 0.1) is 12.7 Å². The van der Waals surface area contributed by atoms with Gasteiger partial charge in [0.1, 0.15) is 11.5 Å². The Balaban J connectivity index is 2.46. The third kappa shape index (κ3) is 2.03. The highest BCUT2D eigenvalue weighted by Crippen LogP contribution is 2.10. The van der Waals surface area contributed by atoms with Crippen LogP contribution >= 0.6 is 0 Å². The van der Waals surface area contributed by atoms with E-state index in [4.69, 9.17) is 5.73 Å². The van der Waals surface area contributed by atoms with Crippen molar-refractivity contribution in [2.45, 2.75) is 26.9 Å². The molecule has 1 aromatic carbocycles. The molecule has 0 aliphatic rings. The fourth-order valence-corrected chi connectivity index (χ4v) is 2.10. The lowest BCUT2D eigenvalue weighted by Gasteiger charge is -2.11. The van der Waals surface area contributed by atoms with Gasteiger partial charge < -0.3 is 5.73 Å². The van der Waals surface area contributed by atoms with E-state index in [2.05, 4.69) is 0 Å². The highest BCUT2D eigenvalue weighted by Gasteiger charge is 2.13. The van der Waals surface area contributed by atoms with Crippen LogP contribution in [-0.4, -0.2) is 9.36 Å². The molecule has 0 radical (unpaired) electrons. The first-order valence-electron chi connectivity index (χ1n) is 5.84. The fraction of sp³-hybridized carbons (Fsp3) is 0.308. The summed E-state index contributed by atoms with van der Waals surface area (Å²) in [5, 5.41) is 0. The number of hydrogen-bond donors (Lipinski definition) is 1. The Labute approximate surface area is 104 Å². The molecule has 4 nitrogen and oxygen atoms in total. The van der Waals surface area contributed by atoms with Crippen molar-refractivity contribution in [1.82, 2.24) is 9.36 Å². The summed E-state index contributed by atoms with van der Waals surface area (Å²) in [5.41, 5.74) is 7.26. The van der Waals surface area contributed by atoms with Gasteiger partial charge >= 0.3 is 0 Å². The molecule has 1 heterocycles. The van der Waals surface area contributed by atoms with Gasteiger partial charge in [-0.05, 0) is 31.5 Å². The third-order valence-electron chi connectivity index (χ3n) is 3.05. The lowest BCUT2D eigenvalue weighted by Crippen LogP contribution is -2.24. The van der Waals surface area contributed by atoms with Gasteiger partial charge in [0.15, 0.2) is 0 Å². The van der Waals surface area contributed by atoms with Gasteiger partial charge in [0.2, 0.25) is 0 Å². The lowest BCUT2D eigenvalue weighted by atomic mass is 10.2. The molecule has 0 bridgehead atoms. The van der Waals surface area contributed by atoms with Gasteiger partial charge in [0, 0.05) is 6.54 Å². The summed E-state index contributed by atoms with van der Waals surface area (Å²) in [6.07, 6.45) is 0. The maximum Gasteiger partial charge on any atom is 0.290 e. The number of nitrogens with two attached hydrogens (primary N) is 1. The topological polar surface area (TPSA) is 52.9 Å². The maximum absolute atomic E-state index is 13.1. The first-order valence-corrected chi connectivity index (χ1v) is 5.84. The Morgan fingerprint density at radius 1 is 1.33 bits per heavy atom. The number of nitrogen functional groups attached to an aromatic ring is 1. The molecule has 0 aliphatic carbocycles. The van der Waals surface area contributed by atoms with E-state index in [1.807, 2.05) is 18.5 Å². The maximum atomic E-state index is 13.1. The molecule has 0 amide bonds. The molecule has 0 saturated carbocycles. The SMILES string of the molecule is CCn1c(C)c(N)c(=O)n1Cc1cccc(F)c1. The zero-order valence-electron chi connectivity index (χ0n) is 10.5. The minimum absolute atomic E-state index is 0.224. The molecule has 5 heteroatoms. The molecule has 0 saturated heterocycles. The normalized spacial score (nSPS) is 10.8. The van der Waals surface area contributed by atoms with E-state index in [0.717, 1.165) is 11.3 Å². The summed E-state index contributed by atoms with van der Waals surface area (Å²) in [6.45, 7) is 4.71. The van der Waals surface area contributed by atoms with Crippen LogP contribution in [0.5, 0.6) is 0 Å². The molecule has 0 spiro atoms. The fourth-order valence-electron chi connectivity index (χ4n) is 2.10. The average molecular weight is 249 g/mol. The molecule has 1 aromatic heterocycles. The van der Waals surface area contributed by atoms with Crippen LogP contribution in [0.1, 0.15) is 18.2 Å². The molecule has 0 atom stereocenters. The zero-order valence-corrected chi connectivity index (χ0v) is 10.5. The first-order chi connectivity index (χ1) is 8.54. The minimum atomic E-state index is -0.306. The largest absolute Gasteiger partial charge is 0.393 e. The van der Waals surface area contributed by atoms with Crippen molar-refractivity contribution in [3.8, 4) is 0 Å². The molecule has 0 fully saturated rings. The second kappa shape index (κ2) is 4.68. The number of benzene rings is 1. The van der Waals surface area contributed by atoms with Crippen LogP contribution in [0.4, 0.5) is 10.1 Å². The summed E-state index contributed by atoms with van der Waals surface area (Å²) in [4.78, 5) is 12.0. The minimum Gasteiger partial charge on any atom is -0.393 e. The molecular formula is C13H16FN3O. The summed E-state index contributed by atoms with van der Waals surface area (Å²) < 4.78 is 16.5. The molecule has 2 aromatic rings. The van der Waals surface area contributed by atoms with E-state index in [9.17, 15) is 9.18 Å². The standard InChI is InChI=1S/C13H16FN3O/c1-3-16-9(2)12(15)13(18)17(16)8-10-5-4-6-11(14)7-10/h4-7H,3,8,15H2,1-2H3. The van der Waals surface area contributed by atoms with Crippen molar-refractivity contribution in [3.63, 3.8) is 0 Å². The van der Waals surface area contributed by atoms with Crippen molar-refractivity contribution in [2.75, 3.05) is 5.73 Å². The van der Waals surface area contributed by atoms with Crippen molar-refractivity contribution < 1.29 is 4.39 Å². The second-order valence-electron chi connectivity index (χ2n) is 4.21. The Bertz CT molecular complexity index is 628. The molecule has 0 aliphatic heterocycles. The first kappa shape index (κ1) is 12.4.